The van der Waals surface area contributed by atoms with Gasteiger partial charge in [-0.2, -0.15) is 0 Å². The van der Waals surface area contributed by atoms with Gasteiger partial charge < -0.3 is 0 Å². The zero-order valence-electron chi connectivity index (χ0n) is 17.0. The number of benzene rings is 2. The van der Waals surface area contributed by atoms with Crippen LogP contribution in [0.25, 0.3) is 0 Å². The van der Waals surface area contributed by atoms with E-state index in [0.29, 0.717) is 5.56 Å². The van der Waals surface area contributed by atoms with E-state index in [4.69, 9.17) is 0 Å². The highest BCUT2D eigenvalue weighted by Gasteiger charge is 2.02. The first-order valence-corrected chi connectivity index (χ1v) is 10.6. The molecule has 0 unspecified atom stereocenters. The highest BCUT2D eigenvalue weighted by Crippen LogP contribution is 2.14. The summed E-state index contributed by atoms with van der Waals surface area (Å²) >= 11 is 0. The second-order valence-electron chi connectivity index (χ2n) is 7.38. The maximum Gasteiger partial charge on any atom is 0.139 e. The standard InChI is InChI=1S/C26H33F/c1-3-5-7-9-11-22-13-15-23(16-14-22)17-19-25-20-18-24(21-26(25)27)12-10-8-6-4-2/h13-16,18,20-21H,3-12H2,1-2H3. The van der Waals surface area contributed by atoms with Gasteiger partial charge >= 0.3 is 0 Å². The van der Waals surface area contributed by atoms with Crippen LogP contribution in [0.4, 0.5) is 4.39 Å². The normalized spacial score (nSPS) is 10.5. The van der Waals surface area contributed by atoms with Gasteiger partial charge in [0.25, 0.3) is 0 Å². The van der Waals surface area contributed by atoms with Crippen molar-refractivity contribution in [3.63, 3.8) is 0 Å². The van der Waals surface area contributed by atoms with Crippen LogP contribution in [0.2, 0.25) is 0 Å². The van der Waals surface area contributed by atoms with E-state index in [1.165, 1.54) is 50.5 Å². The zero-order chi connectivity index (χ0) is 19.3. The van der Waals surface area contributed by atoms with Crippen molar-refractivity contribution < 1.29 is 4.39 Å². The third kappa shape index (κ3) is 8.00. The van der Waals surface area contributed by atoms with Crippen molar-refractivity contribution in [3.8, 4) is 11.8 Å². The zero-order valence-corrected chi connectivity index (χ0v) is 17.0. The first-order chi connectivity index (χ1) is 13.2. The van der Waals surface area contributed by atoms with Gasteiger partial charge in [-0.15, -0.1) is 0 Å². The molecule has 0 aromatic heterocycles. The predicted octanol–water partition coefficient (Wildman–Crippen LogP) is 7.47. The third-order valence-electron chi connectivity index (χ3n) is 4.97. The molecule has 1 heteroatoms. The fraction of sp³-hybridized carbons (Fsp3) is 0.462. The summed E-state index contributed by atoms with van der Waals surface area (Å²) in [6.07, 6.45) is 12.0. The second-order valence-corrected chi connectivity index (χ2v) is 7.38. The highest BCUT2D eigenvalue weighted by molar-refractivity contribution is 5.44. The molecule has 0 aliphatic rings. The van der Waals surface area contributed by atoms with Crippen molar-refractivity contribution in [2.24, 2.45) is 0 Å². The van der Waals surface area contributed by atoms with Gasteiger partial charge in [-0.05, 0) is 61.1 Å². The lowest BCUT2D eigenvalue weighted by Crippen LogP contribution is -1.91. The number of hydrogen-bond acceptors (Lipinski definition) is 0. The minimum absolute atomic E-state index is 0.206. The molecule has 0 nitrogen and oxygen atoms in total. The molecule has 144 valence electrons. The van der Waals surface area contributed by atoms with Gasteiger partial charge in [-0.1, -0.05) is 82.4 Å². The molecule has 0 aliphatic heterocycles. The van der Waals surface area contributed by atoms with Crippen molar-refractivity contribution in [2.75, 3.05) is 0 Å². The Bertz CT molecular complexity index is 731. The van der Waals surface area contributed by atoms with Crippen molar-refractivity contribution in [1.82, 2.24) is 0 Å². The van der Waals surface area contributed by atoms with E-state index in [1.54, 1.807) is 6.07 Å². The molecule has 0 saturated carbocycles. The van der Waals surface area contributed by atoms with Crippen molar-refractivity contribution in [3.05, 3.63) is 70.5 Å². The molecule has 2 rings (SSSR count). The minimum Gasteiger partial charge on any atom is -0.206 e. The van der Waals surface area contributed by atoms with Crippen LogP contribution in [-0.2, 0) is 12.8 Å². The van der Waals surface area contributed by atoms with E-state index in [2.05, 4.69) is 37.8 Å². The topological polar surface area (TPSA) is 0 Å². The highest BCUT2D eigenvalue weighted by atomic mass is 19.1. The van der Waals surface area contributed by atoms with Crippen molar-refractivity contribution in [2.45, 2.75) is 78.1 Å². The Kier molecular flexibility index (Phi) is 9.70. The summed E-state index contributed by atoms with van der Waals surface area (Å²) in [5.41, 5.74) is 3.85. The van der Waals surface area contributed by atoms with Crippen LogP contribution in [0.3, 0.4) is 0 Å². The van der Waals surface area contributed by atoms with Crippen LogP contribution in [-0.4, -0.2) is 0 Å². The molecule has 0 saturated heterocycles. The number of rotatable bonds is 10. The first kappa shape index (κ1) is 21.2. The molecule has 0 aliphatic carbocycles. The molecule has 0 heterocycles. The van der Waals surface area contributed by atoms with Crippen LogP contribution in [0.15, 0.2) is 42.5 Å². The van der Waals surface area contributed by atoms with Gasteiger partial charge in [-0.3, -0.25) is 0 Å². The maximum atomic E-state index is 14.3. The fourth-order valence-corrected chi connectivity index (χ4v) is 3.22. The number of unbranched alkanes of at least 4 members (excludes halogenated alkanes) is 6. The van der Waals surface area contributed by atoms with E-state index >= 15 is 0 Å². The summed E-state index contributed by atoms with van der Waals surface area (Å²) in [5, 5.41) is 0. The van der Waals surface area contributed by atoms with E-state index < -0.39 is 0 Å². The molecule has 0 atom stereocenters. The van der Waals surface area contributed by atoms with Gasteiger partial charge in [0.2, 0.25) is 0 Å². The van der Waals surface area contributed by atoms with Gasteiger partial charge in [0.15, 0.2) is 0 Å². The van der Waals surface area contributed by atoms with E-state index in [1.807, 2.05) is 24.3 Å². The molecular weight excluding hydrogens is 331 g/mol. The molecule has 0 amide bonds. The molecule has 2 aromatic carbocycles. The Morgan fingerprint density at radius 1 is 0.667 bits per heavy atom. The Morgan fingerprint density at radius 3 is 1.85 bits per heavy atom. The first-order valence-electron chi connectivity index (χ1n) is 10.6. The van der Waals surface area contributed by atoms with Crippen LogP contribution in [0.1, 0.15) is 87.5 Å². The predicted molar refractivity (Wildman–Crippen MR) is 115 cm³/mol. The second kappa shape index (κ2) is 12.3. The quantitative estimate of drug-likeness (QED) is 0.303. The molecular formula is C26H33F. The average molecular weight is 365 g/mol. The van der Waals surface area contributed by atoms with E-state index in [9.17, 15) is 4.39 Å². The van der Waals surface area contributed by atoms with Crippen LogP contribution < -0.4 is 0 Å². The lowest BCUT2D eigenvalue weighted by Gasteiger charge is -2.03. The summed E-state index contributed by atoms with van der Waals surface area (Å²) in [7, 11) is 0. The number of halogens is 1. The molecule has 2 aromatic rings. The Labute approximate surface area is 165 Å². The van der Waals surface area contributed by atoms with Crippen molar-refractivity contribution in [1.29, 1.82) is 0 Å². The Hall–Kier alpha value is -2.07. The van der Waals surface area contributed by atoms with Crippen LogP contribution in [0, 0.1) is 17.7 Å². The Morgan fingerprint density at radius 2 is 1.26 bits per heavy atom. The van der Waals surface area contributed by atoms with E-state index in [0.717, 1.165) is 30.4 Å². The van der Waals surface area contributed by atoms with Gasteiger partial charge in [0.1, 0.15) is 5.82 Å². The smallest absolute Gasteiger partial charge is 0.139 e. The van der Waals surface area contributed by atoms with Gasteiger partial charge in [-0.25, -0.2) is 4.39 Å². The molecule has 0 N–H and O–H groups in total. The molecule has 0 fully saturated rings. The molecule has 0 spiro atoms. The molecule has 27 heavy (non-hydrogen) atoms. The number of hydrogen-bond donors (Lipinski definition) is 0. The SMILES string of the molecule is CCCCCCc1ccc(C#Cc2ccc(CCCCCC)cc2F)cc1. The van der Waals surface area contributed by atoms with Crippen LogP contribution >= 0.6 is 0 Å². The molecule has 0 radical (unpaired) electrons. The summed E-state index contributed by atoms with van der Waals surface area (Å²) in [5.74, 6) is 5.88. The van der Waals surface area contributed by atoms with Crippen molar-refractivity contribution >= 4 is 0 Å². The summed E-state index contributed by atoms with van der Waals surface area (Å²) in [6, 6.07) is 13.9. The fourth-order valence-electron chi connectivity index (χ4n) is 3.22. The maximum absolute atomic E-state index is 14.3. The lowest BCUT2D eigenvalue weighted by atomic mass is 10.0. The lowest BCUT2D eigenvalue weighted by molar-refractivity contribution is 0.618. The summed E-state index contributed by atoms with van der Waals surface area (Å²) in [4.78, 5) is 0. The summed E-state index contributed by atoms with van der Waals surface area (Å²) in [6.45, 7) is 4.44. The summed E-state index contributed by atoms with van der Waals surface area (Å²) < 4.78 is 14.3. The average Bonchev–Trinajstić information content (AvgIpc) is 2.69. The monoisotopic (exact) mass is 364 g/mol. The van der Waals surface area contributed by atoms with Gasteiger partial charge in [0.05, 0.1) is 5.56 Å². The largest absolute Gasteiger partial charge is 0.206 e. The van der Waals surface area contributed by atoms with Crippen LogP contribution in [0.5, 0.6) is 0 Å². The Balaban J connectivity index is 1.90. The molecule has 0 bridgehead atoms. The third-order valence-corrected chi connectivity index (χ3v) is 4.97. The van der Waals surface area contributed by atoms with E-state index in [-0.39, 0.29) is 5.82 Å². The number of aryl methyl sites for hydroxylation is 2. The minimum atomic E-state index is -0.206. The van der Waals surface area contributed by atoms with Gasteiger partial charge in [0, 0.05) is 5.56 Å².